The summed E-state index contributed by atoms with van der Waals surface area (Å²) in [6, 6.07) is 2.55. The van der Waals surface area contributed by atoms with Gasteiger partial charge in [-0.3, -0.25) is 14.4 Å². The molecule has 0 bridgehead atoms. The highest BCUT2D eigenvalue weighted by Crippen LogP contribution is 2.46. The van der Waals surface area contributed by atoms with E-state index in [0.29, 0.717) is 41.7 Å². The second-order valence-corrected chi connectivity index (χ2v) is 13.4. The van der Waals surface area contributed by atoms with Crippen LogP contribution in [-0.2, 0) is 49.0 Å². The van der Waals surface area contributed by atoms with Crippen molar-refractivity contribution >= 4 is 28.7 Å². The Hall–Kier alpha value is -4.12. The Balaban J connectivity index is 1.42. The lowest BCUT2D eigenvalue weighted by Crippen LogP contribution is -2.44. The summed E-state index contributed by atoms with van der Waals surface area (Å²) in [7, 11) is 0. The van der Waals surface area contributed by atoms with E-state index in [4.69, 9.17) is 14.5 Å². The van der Waals surface area contributed by atoms with Crippen LogP contribution in [0.25, 0.3) is 22.3 Å². The highest BCUT2D eigenvalue weighted by atomic mass is 19.1. The van der Waals surface area contributed by atoms with Gasteiger partial charge in [0.1, 0.15) is 18.0 Å². The minimum atomic E-state index is -1.97. The number of esters is 2. The number of ether oxygens (including phenoxy) is 2. The van der Waals surface area contributed by atoms with Crippen molar-refractivity contribution in [2.45, 2.75) is 104 Å². The molecule has 1 aliphatic carbocycles. The van der Waals surface area contributed by atoms with Crippen molar-refractivity contribution in [2.24, 2.45) is 5.92 Å². The van der Waals surface area contributed by atoms with Crippen molar-refractivity contribution < 1.29 is 33.4 Å². The highest BCUT2D eigenvalue weighted by molar-refractivity contribution is 5.94. The summed E-state index contributed by atoms with van der Waals surface area (Å²) in [6.07, 6.45) is 1.46. The van der Waals surface area contributed by atoms with E-state index < -0.39 is 40.5 Å². The van der Waals surface area contributed by atoms with Crippen molar-refractivity contribution in [2.75, 3.05) is 0 Å². The third kappa shape index (κ3) is 5.01. The van der Waals surface area contributed by atoms with Crippen LogP contribution in [0.3, 0.4) is 0 Å². The number of carbonyl (C=O) groups excluding carboxylic acids is 3. The molecule has 1 amide bonds. The van der Waals surface area contributed by atoms with Crippen molar-refractivity contribution in [3.05, 3.63) is 61.7 Å². The van der Waals surface area contributed by atoms with E-state index in [-0.39, 0.29) is 49.0 Å². The van der Waals surface area contributed by atoms with Crippen molar-refractivity contribution in [1.82, 2.24) is 14.9 Å². The Morgan fingerprint density at radius 2 is 1.98 bits per heavy atom. The number of aryl methyl sites for hydroxylation is 1. The van der Waals surface area contributed by atoms with Gasteiger partial charge < -0.3 is 24.5 Å². The van der Waals surface area contributed by atoms with E-state index in [1.54, 1.807) is 52.2 Å². The summed E-state index contributed by atoms with van der Waals surface area (Å²) in [4.78, 5) is 57.0. The number of nitrogens with one attached hydrogen (secondary N) is 1. The smallest absolute Gasteiger partial charge is 0.343 e. The van der Waals surface area contributed by atoms with E-state index in [9.17, 15) is 24.3 Å². The molecule has 238 valence electrons. The van der Waals surface area contributed by atoms with Gasteiger partial charge in [0.05, 0.1) is 35.1 Å². The summed E-state index contributed by atoms with van der Waals surface area (Å²) in [5.41, 5.74) is 1.54. The molecule has 0 unspecified atom stereocenters. The maximum absolute atomic E-state index is 15.2. The first-order chi connectivity index (χ1) is 21.1. The molecule has 0 radical (unpaired) electrons. The van der Waals surface area contributed by atoms with Crippen LogP contribution in [0.1, 0.15) is 99.7 Å². The number of aromatic nitrogens is 2. The Morgan fingerprint density at radius 3 is 2.67 bits per heavy atom. The van der Waals surface area contributed by atoms with E-state index >= 15 is 4.39 Å². The quantitative estimate of drug-likeness (QED) is 0.304. The van der Waals surface area contributed by atoms with Gasteiger partial charge in [0.2, 0.25) is 5.91 Å². The molecule has 3 aliphatic rings. The Labute approximate surface area is 259 Å². The molecule has 10 nitrogen and oxygen atoms in total. The molecule has 4 heterocycles. The summed E-state index contributed by atoms with van der Waals surface area (Å²) >= 11 is 0. The largest absolute Gasteiger partial charge is 0.460 e. The van der Waals surface area contributed by atoms with Gasteiger partial charge in [0, 0.05) is 34.9 Å². The number of benzene rings is 1. The maximum Gasteiger partial charge on any atom is 0.343 e. The summed E-state index contributed by atoms with van der Waals surface area (Å²) in [5, 5.41) is 15.2. The fourth-order valence-electron chi connectivity index (χ4n) is 6.87. The topological polar surface area (TPSA) is 137 Å². The number of fused-ring (bicyclic) bond motifs is 5. The molecule has 2 aromatic heterocycles. The normalized spacial score (nSPS) is 20.6. The van der Waals surface area contributed by atoms with Crippen LogP contribution < -0.4 is 10.9 Å². The van der Waals surface area contributed by atoms with Crippen LogP contribution in [0, 0.1) is 18.7 Å². The number of carbonyl (C=O) groups is 3. The van der Waals surface area contributed by atoms with Gasteiger partial charge in [-0.25, -0.2) is 14.2 Å². The number of hydrogen-bond donors (Lipinski definition) is 2. The highest BCUT2D eigenvalue weighted by Gasteiger charge is 2.46. The predicted molar refractivity (Wildman–Crippen MR) is 163 cm³/mol. The minimum absolute atomic E-state index is 0.0129. The molecule has 2 aliphatic heterocycles. The van der Waals surface area contributed by atoms with Gasteiger partial charge in [0.15, 0.2) is 5.60 Å². The zero-order valence-electron chi connectivity index (χ0n) is 26.4. The molecular formula is C34H38FN3O7. The molecule has 6 rings (SSSR count). The molecule has 0 saturated carbocycles. The summed E-state index contributed by atoms with van der Waals surface area (Å²) in [6.45, 7) is 10.4. The average Bonchev–Trinajstić information content (AvgIpc) is 3.35. The number of halogens is 1. The standard InChI is InChI=1S/C34H38FN3O7/c1-7-34(43)21-12-25-29-19(14-38(25)31(41)20(21)15-44-32(34)42)28-23(10-9-18-17(3)22(35)13-24(36-29)27(18)28)37-30(40)16(2)8-11-26(39)45-33(4,5)6/h12-13,16,23,43H,7-11,14-15H2,1-6H3,(H,37,40)/t16-,23+,34+/m1/s1. The van der Waals surface area contributed by atoms with E-state index in [2.05, 4.69) is 5.32 Å². The van der Waals surface area contributed by atoms with Gasteiger partial charge >= 0.3 is 11.9 Å². The lowest BCUT2D eigenvalue weighted by Gasteiger charge is -2.31. The van der Waals surface area contributed by atoms with Crippen LogP contribution >= 0.6 is 0 Å². The molecular weight excluding hydrogens is 581 g/mol. The number of rotatable bonds is 6. The van der Waals surface area contributed by atoms with Crippen LogP contribution in [0.4, 0.5) is 4.39 Å². The zero-order chi connectivity index (χ0) is 32.6. The second kappa shape index (κ2) is 10.8. The Bertz CT molecular complexity index is 1860. The van der Waals surface area contributed by atoms with E-state index in [1.165, 1.54) is 6.07 Å². The predicted octanol–water partition coefficient (Wildman–Crippen LogP) is 4.39. The molecule has 1 aromatic carbocycles. The SMILES string of the molecule is CC[C@@]1(O)C(=O)OCc2c1cc1n(c2=O)Cc2c-1nc1cc(F)c(C)c3c1c2[C@@H](NC(=O)[C@H](C)CCC(=O)OC(C)(C)C)CC3. The first kappa shape index (κ1) is 30.9. The van der Waals surface area contributed by atoms with Crippen molar-refractivity contribution in [3.8, 4) is 11.4 Å². The lowest BCUT2D eigenvalue weighted by molar-refractivity contribution is -0.172. The monoisotopic (exact) mass is 619 g/mol. The van der Waals surface area contributed by atoms with Crippen molar-refractivity contribution in [1.29, 1.82) is 0 Å². The number of pyridine rings is 2. The third-order valence-corrected chi connectivity index (χ3v) is 9.34. The van der Waals surface area contributed by atoms with Gasteiger partial charge in [0.25, 0.3) is 5.56 Å². The van der Waals surface area contributed by atoms with E-state index in [1.807, 2.05) is 0 Å². The molecule has 0 fully saturated rings. The number of nitrogens with zero attached hydrogens (tertiary/aromatic N) is 2. The first-order valence-electron chi connectivity index (χ1n) is 15.5. The number of hydrogen-bond acceptors (Lipinski definition) is 8. The van der Waals surface area contributed by atoms with Gasteiger partial charge in [-0.1, -0.05) is 13.8 Å². The molecule has 3 atom stereocenters. The molecule has 0 saturated heterocycles. The second-order valence-electron chi connectivity index (χ2n) is 13.4. The Kier molecular flexibility index (Phi) is 7.38. The molecule has 11 heteroatoms. The third-order valence-electron chi connectivity index (χ3n) is 9.34. The average molecular weight is 620 g/mol. The van der Waals surface area contributed by atoms with Crippen LogP contribution in [0.5, 0.6) is 0 Å². The van der Waals surface area contributed by atoms with E-state index in [0.717, 1.165) is 22.1 Å². The van der Waals surface area contributed by atoms with Crippen LogP contribution in [0.2, 0.25) is 0 Å². The number of aliphatic hydroxyl groups is 1. The minimum Gasteiger partial charge on any atom is -0.460 e. The van der Waals surface area contributed by atoms with Gasteiger partial charge in [-0.05, 0) is 76.1 Å². The first-order valence-corrected chi connectivity index (χ1v) is 15.5. The fraction of sp³-hybridized carbons (Fsp3) is 0.500. The molecule has 3 aromatic rings. The Morgan fingerprint density at radius 1 is 1.24 bits per heavy atom. The maximum atomic E-state index is 15.2. The zero-order valence-corrected chi connectivity index (χ0v) is 26.4. The van der Waals surface area contributed by atoms with Gasteiger partial charge in [-0.15, -0.1) is 0 Å². The lowest BCUT2D eigenvalue weighted by atomic mass is 9.81. The van der Waals surface area contributed by atoms with Crippen LogP contribution in [0.15, 0.2) is 16.9 Å². The van der Waals surface area contributed by atoms with Crippen LogP contribution in [-0.4, -0.2) is 38.1 Å². The summed E-state index contributed by atoms with van der Waals surface area (Å²) in [5.74, 6) is -2.27. The summed E-state index contributed by atoms with van der Waals surface area (Å²) < 4.78 is 27.3. The molecule has 2 N–H and O–H groups in total. The van der Waals surface area contributed by atoms with Crippen molar-refractivity contribution in [3.63, 3.8) is 0 Å². The fourth-order valence-corrected chi connectivity index (χ4v) is 6.87. The number of amides is 1. The molecule has 45 heavy (non-hydrogen) atoms. The molecule has 0 spiro atoms. The number of cyclic esters (lactones) is 1. The van der Waals surface area contributed by atoms with Gasteiger partial charge in [-0.2, -0.15) is 0 Å².